The van der Waals surface area contributed by atoms with Crippen LogP contribution in [0.3, 0.4) is 0 Å². The zero-order valence-electron chi connectivity index (χ0n) is 17.9. The number of ether oxygens (including phenoxy) is 1. The lowest BCUT2D eigenvalue weighted by Crippen LogP contribution is -2.24. The number of methoxy groups -OCH3 is 1. The molecular formula is C24H20FN5O3. The van der Waals surface area contributed by atoms with Crippen LogP contribution in [0.25, 0.3) is 23.1 Å². The maximum atomic E-state index is 13.8. The number of rotatable bonds is 7. The molecule has 2 aromatic heterocycles. The monoisotopic (exact) mass is 445 g/mol. The van der Waals surface area contributed by atoms with E-state index < -0.39 is 5.82 Å². The predicted octanol–water partition coefficient (Wildman–Crippen LogP) is 3.80. The molecule has 2 heterocycles. The van der Waals surface area contributed by atoms with Crippen molar-refractivity contribution < 1.29 is 18.7 Å². The van der Waals surface area contributed by atoms with Crippen LogP contribution < -0.4 is 10.1 Å². The Morgan fingerprint density at radius 1 is 1.15 bits per heavy atom. The van der Waals surface area contributed by atoms with Gasteiger partial charge in [0.15, 0.2) is 5.78 Å². The second-order valence-electron chi connectivity index (χ2n) is 7.19. The van der Waals surface area contributed by atoms with Crippen LogP contribution in [0.15, 0.2) is 48.9 Å². The Balaban J connectivity index is 1.65. The fourth-order valence-electron chi connectivity index (χ4n) is 3.40. The normalized spacial score (nSPS) is 11.1. The highest BCUT2D eigenvalue weighted by Crippen LogP contribution is 2.32. The second kappa shape index (κ2) is 9.39. The van der Waals surface area contributed by atoms with Gasteiger partial charge in [-0.1, -0.05) is 12.1 Å². The number of aromatic amines is 1. The van der Waals surface area contributed by atoms with Crippen molar-refractivity contribution in [2.75, 3.05) is 7.11 Å². The van der Waals surface area contributed by atoms with Crippen molar-refractivity contribution >= 4 is 34.7 Å². The van der Waals surface area contributed by atoms with E-state index >= 15 is 0 Å². The number of fused-ring (bicyclic) bond motifs is 1. The Labute approximate surface area is 188 Å². The first-order valence-electron chi connectivity index (χ1n) is 10.0. The van der Waals surface area contributed by atoms with Crippen LogP contribution in [-0.2, 0) is 6.54 Å². The van der Waals surface area contributed by atoms with Crippen molar-refractivity contribution in [3.63, 3.8) is 0 Å². The van der Waals surface area contributed by atoms with Crippen LogP contribution in [0.1, 0.15) is 44.6 Å². The van der Waals surface area contributed by atoms with E-state index in [0.29, 0.717) is 39.2 Å². The van der Waals surface area contributed by atoms with Gasteiger partial charge >= 0.3 is 0 Å². The number of carbonyl (C=O) groups excluding carboxylic acids is 2. The van der Waals surface area contributed by atoms with Gasteiger partial charge in [0.2, 0.25) is 0 Å². The van der Waals surface area contributed by atoms with Gasteiger partial charge in [-0.3, -0.25) is 24.7 Å². The number of hydrogen-bond acceptors (Lipinski definition) is 6. The molecule has 2 N–H and O–H groups in total. The molecule has 2 aromatic carbocycles. The largest absolute Gasteiger partial charge is 0.495 e. The van der Waals surface area contributed by atoms with Gasteiger partial charge in [-0.25, -0.2) is 4.39 Å². The van der Waals surface area contributed by atoms with Crippen molar-refractivity contribution in [1.82, 2.24) is 25.5 Å². The third-order valence-corrected chi connectivity index (χ3v) is 5.01. The van der Waals surface area contributed by atoms with Crippen molar-refractivity contribution in [1.29, 1.82) is 0 Å². The number of carbonyl (C=O) groups is 2. The number of nitrogens with zero attached hydrogens (tertiary/aromatic N) is 3. The lowest BCUT2D eigenvalue weighted by Gasteiger charge is -2.10. The molecule has 1 amide bonds. The van der Waals surface area contributed by atoms with E-state index in [9.17, 15) is 14.0 Å². The predicted molar refractivity (Wildman–Crippen MR) is 121 cm³/mol. The SMILES string of the molecule is COc1c(C(=O)NCc2cnccn2)ccc2[nH]nc(C=Cc3ccc(F)c(C(C)=O)c3)c12. The Morgan fingerprint density at radius 2 is 2.00 bits per heavy atom. The minimum absolute atomic E-state index is 0.0173. The van der Waals surface area contributed by atoms with Gasteiger partial charge in [-0.2, -0.15) is 5.10 Å². The summed E-state index contributed by atoms with van der Waals surface area (Å²) in [5.41, 5.74) is 2.82. The van der Waals surface area contributed by atoms with E-state index in [1.165, 1.54) is 26.2 Å². The lowest BCUT2D eigenvalue weighted by atomic mass is 10.0. The first-order valence-corrected chi connectivity index (χ1v) is 10.0. The van der Waals surface area contributed by atoms with Crippen molar-refractivity contribution in [2.24, 2.45) is 0 Å². The summed E-state index contributed by atoms with van der Waals surface area (Å²) in [7, 11) is 1.48. The molecule has 8 nitrogen and oxygen atoms in total. The van der Waals surface area contributed by atoms with E-state index in [4.69, 9.17) is 4.74 Å². The Kier molecular flexibility index (Phi) is 6.21. The van der Waals surface area contributed by atoms with E-state index in [-0.39, 0.29) is 23.8 Å². The van der Waals surface area contributed by atoms with E-state index in [0.717, 1.165) is 0 Å². The molecule has 0 atom stereocenters. The zero-order valence-corrected chi connectivity index (χ0v) is 17.9. The molecule has 0 spiro atoms. The van der Waals surface area contributed by atoms with Crippen molar-refractivity contribution in [3.05, 3.63) is 82.8 Å². The third-order valence-electron chi connectivity index (χ3n) is 5.01. The molecule has 9 heteroatoms. The highest BCUT2D eigenvalue weighted by atomic mass is 19.1. The summed E-state index contributed by atoms with van der Waals surface area (Å²) in [5, 5.41) is 10.7. The molecule has 0 bridgehead atoms. The molecule has 0 saturated carbocycles. The van der Waals surface area contributed by atoms with Crippen LogP contribution >= 0.6 is 0 Å². The first-order chi connectivity index (χ1) is 16.0. The number of aromatic nitrogens is 4. The summed E-state index contributed by atoms with van der Waals surface area (Å²) in [6.07, 6.45) is 8.11. The number of Topliss-reactive ketones (excluding diaryl/α,β-unsaturated/α-hetero) is 1. The van der Waals surface area contributed by atoms with Crippen molar-refractivity contribution in [2.45, 2.75) is 13.5 Å². The van der Waals surface area contributed by atoms with Gasteiger partial charge < -0.3 is 10.1 Å². The van der Waals surface area contributed by atoms with Gasteiger partial charge in [-0.15, -0.1) is 0 Å². The van der Waals surface area contributed by atoms with Crippen LogP contribution in [0, 0.1) is 5.82 Å². The van der Waals surface area contributed by atoms with Gasteiger partial charge in [-0.05, 0) is 42.8 Å². The third kappa shape index (κ3) is 4.62. The molecule has 0 saturated heterocycles. The average Bonchev–Trinajstić information content (AvgIpc) is 3.25. The standard InChI is InChI=1S/C24H20FN5O3/c1-14(31)18-11-15(3-6-19(18)25)4-7-20-22-21(30-29-20)8-5-17(23(22)33-2)24(32)28-13-16-12-26-9-10-27-16/h3-12H,13H2,1-2H3,(H,28,32)(H,29,30). The Bertz CT molecular complexity index is 1370. The number of halogens is 1. The number of H-pyrrole nitrogens is 1. The second-order valence-corrected chi connectivity index (χ2v) is 7.19. The fourth-order valence-corrected chi connectivity index (χ4v) is 3.40. The summed E-state index contributed by atoms with van der Waals surface area (Å²) >= 11 is 0. The molecule has 4 aromatic rings. The molecule has 0 aliphatic heterocycles. The summed E-state index contributed by atoms with van der Waals surface area (Å²) in [4.78, 5) is 32.6. The molecule has 4 rings (SSSR count). The summed E-state index contributed by atoms with van der Waals surface area (Å²) in [6.45, 7) is 1.53. The minimum Gasteiger partial charge on any atom is -0.495 e. The van der Waals surface area contributed by atoms with Crippen molar-refractivity contribution in [3.8, 4) is 5.75 Å². The lowest BCUT2D eigenvalue weighted by molar-refractivity contribution is 0.0946. The molecule has 0 aliphatic rings. The smallest absolute Gasteiger partial charge is 0.255 e. The van der Waals surface area contributed by atoms with E-state index in [1.54, 1.807) is 48.9 Å². The van der Waals surface area contributed by atoms with E-state index in [1.807, 2.05) is 0 Å². The maximum absolute atomic E-state index is 13.8. The number of hydrogen-bond donors (Lipinski definition) is 2. The first kappa shape index (κ1) is 21.8. The average molecular weight is 445 g/mol. The quantitative estimate of drug-likeness (QED) is 0.419. The number of amides is 1. The van der Waals surface area contributed by atoms with Crippen LogP contribution in [0.4, 0.5) is 4.39 Å². The summed E-state index contributed by atoms with van der Waals surface area (Å²) in [5.74, 6) is -0.892. The molecule has 0 unspecified atom stereocenters. The van der Waals surface area contributed by atoms with Crippen LogP contribution in [0.5, 0.6) is 5.75 Å². The van der Waals surface area contributed by atoms with Gasteiger partial charge in [0.25, 0.3) is 5.91 Å². The summed E-state index contributed by atoms with van der Waals surface area (Å²) < 4.78 is 19.4. The van der Waals surface area contributed by atoms with Crippen LogP contribution in [0.2, 0.25) is 0 Å². The van der Waals surface area contributed by atoms with Gasteiger partial charge in [0.05, 0.1) is 53.3 Å². The van der Waals surface area contributed by atoms with E-state index in [2.05, 4.69) is 25.5 Å². The molecule has 166 valence electrons. The number of benzene rings is 2. The number of nitrogens with one attached hydrogen (secondary N) is 2. The topological polar surface area (TPSA) is 110 Å². The number of ketones is 1. The minimum atomic E-state index is -0.566. The molecule has 0 radical (unpaired) electrons. The van der Waals surface area contributed by atoms with Gasteiger partial charge in [0, 0.05) is 12.4 Å². The van der Waals surface area contributed by atoms with Crippen LogP contribution in [-0.4, -0.2) is 39.0 Å². The zero-order chi connectivity index (χ0) is 23.4. The molecular weight excluding hydrogens is 425 g/mol. The molecule has 0 aliphatic carbocycles. The Morgan fingerprint density at radius 3 is 2.73 bits per heavy atom. The maximum Gasteiger partial charge on any atom is 0.255 e. The molecule has 33 heavy (non-hydrogen) atoms. The Hall–Kier alpha value is -4.40. The molecule has 0 fully saturated rings. The fraction of sp³-hybridized carbons (Fsp3) is 0.125. The van der Waals surface area contributed by atoms with Gasteiger partial charge in [0.1, 0.15) is 11.6 Å². The highest BCUT2D eigenvalue weighted by molar-refractivity contribution is 6.05. The highest BCUT2D eigenvalue weighted by Gasteiger charge is 2.19. The summed E-state index contributed by atoms with van der Waals surface area (Å²) in [6, 6.07) is 7.68.